The van der Waals surface area contributed by atoms with E-state index in [1.807, 2.05) is 18.2 Å². The Balaban J connectivity index is 1.87. The molecule has 1 saturated carbocycles. The Morgan fingerprint density at radius 3 is 2.70 bits per heavy atom. The predicted molar refractivity (Wildman–Crippen MR) is 80.2 cm³/mol. The Morgan fingerprint density at radius 1 is 1.30 bits per heavy atom. The molecular formula is C16H24N2O2. The topological polar surface area (TPSA) is 68.3 Å². The van der Waals surface area contributed by atoms with Crippen molar-refractivity contribution >= 4 is 5.84 Å². The second-order valence-corrected chi connectivity index (χ2v) is 5.47. The standard InChI is InChI=1S/C16H24N2O2/c1-19-15-9-13(7-8-14(15)16(17)18)11-20-10-12-5-3-2-4-6-12/h7-9,12H,2-6,10-11H2,1H3,(H3,17,18). The molecule has 1 aromatic carbocycles. The predicted octanol–water partition coefficient (Wildman–Crippen LogP) is 3.08. The van der Waals surface area contributed by atoms with Gasteiger partial charge >= 0.3 is 0 Å². The number of hydrogen-bond donors (Lipinski definition) is 2. The number of nitrogen functional groups attached to an aromatic ring is 1. The molecule has 2 rings (SSSR count). The van der Waals surface area contributed by atoms with Gasteiger partial charge in [-0.2, -0.15) is 0 Å². The zero-order chi connectivity index (χ0) is 14.4. The summed E-state index contributed by atoms with van der Waals surface area (Å²) in [4.78, 5) is 0. The van der Waals surface area contributed by atoms with Crippen molar-refractivity contribution in [1.82, 2.24) is 0 Å². The zero-order valence-electron chi connectivity index (χ0n) is 12.2. The number of amidine groups is 1. The first-order chi connectivity index (χ1) is 9.70. The minimum atomic E-state index is 0.0246. The average Bonchev–Trinajstić information content (AvgIpc) is 2.48. The van der Waals surface area contributed by atoms with Crippen LogP contribution in [-0.4, -0.2) is 19.6 Å². The van der Waals surface area contributed by atoms with E-state index in [4.69, 9.17) is 20.6 Å². The zero-order valence-corrected chi connectivity index (χ0v) is 12.2. The van der Waals surface area contributed by atoms with Gasteiger partial charge in [-0.3, -0.25) is 5.41 Å². The molecule has 0 amide bonds. The highest BCUT2D eigenvalue weighted by atomic mass is 16.5. The fourth-order valence-electron chi connectivity index (χ4n) is 2.75. The smallest absolute Gasteiger partial charge is 0.130 e. The van der Waals surface area contributed by atoms with E-state index >= 15 is 0 Å². The third-order valence-corrected chi connectivity index (χ3v) is 3.90. The summed E-state index contributed by atoms with van der Waals surface area (Å²) in [6.07, 6.45) is 6.66. The molecular weight excluding hydrogens is 252 g/mol. The van der Waals surface area contributed by atoms with E-state index in [0.29, 0.717) is 17.9 Å². The lowest BCUT2D eigenvalue weighted by molar-refractivity contribution is 0.0738. The fraction of sp³-hybridized carbons (Fsp3) is 0.562. The van der Waals surface area contributed by atoms with Crippen molar-refractivity contribution in [2.75, 3.05) is 13.7 Å². The average molecular weight is 276 g/mol. The molecule has 0 heterocycles. The molecule has 4 heteroatoms. The van der Waals surface area contributed by atoms with E-state index in [0.717, 1.165) is 18.1 Å². The van der Waals surface area contributed by atoms with Crippen LogP contribution in [0.1, 0.15) is 43.2 Å². The second-order valence-electron chi connectivity index (χ2n) is 5.47. The maximum absolute atomic E-state index is 7.49. The number of ether oxygens (including phenoxy) is 2. The number of methoxy groups -OCH3 is 1. The summed E-state index contributed by atoms with van der Waals surface area (Å²) in [6, 6.07) is 5.66. The summed E-state index contributed by atoms with van der Waals surface area (Å²) in [6.45, 7) is 1.43. The number of rotatable bonds is 6. The van der Waals surface area contributed by atoms with E-state index in [9.17, 15) is 0 Å². The highest BCUT2D eigenvalue weighted by molar-refractivity contribution is 5.97. The lowest BCUT2D eigenvalue weighted by Crippen LogP contribution is -2.14. The number of hydrogen-bond acceptors (Lipinski definition) is 3. The third kappa shape index (κ3) is 3.97. The van der Waals surface area contributed by atoms with Gasteiger partial charge in [0.15, 0.2) is 0 Å². The Bertz CT molecular complexity index is 454. The van der Waals surface area contributed by atoms with Crippen LogP contribution in [0.2, 0.25) is 0 Å². The molecule has 0 aliphatic heterocycles. The quantitative estimate of drug-likeness (QED) is 0.619. The molecule has 3 N–H and O–H groups in total. The number of nitrogens with two attached hydrogens (primary N) is 1. The second kappa shape index (κ2) is 7.29. The number of benzene rings is 1. The molecule has 0 radical (unpaired) electrons. The first kappa shape index (κ1) is 14.9. The molecule has 0 saturated heterocycles. The Morgan fingerprint density at radius 2 is 2.05 bits per heavy atom. The van der Waals surface area contributed by atoms with Crippen LogP contribution in [0.4, 0.5) is 0 Å². The molecule has 1 fully saturated rings. The van der Waals surface area contributed by atoms with Crippen LogP contribution in [0.25, 0.3) is 0 Å². The Hall–Kier alpha value is -1.55. The largest absolute Gasteiger partial charge is 0.496 e. The third-order valence-electron chi connectivity index (χ3n) is 3.90. The molecule has 110 valence electrons. The van der Waals surface area contributed by atoms with Crippen molar-refractivity contribution in [3.05, 3.63) is 29.3 Å². The van der Waals surface area contributed by atoms with Crippen molar-refractivity contribution in [2.45, 2.75) is 38.7 Å². The van der Waals surface area contributed by atoms with Crippen LogP contribution < -0.4 is 10.5 Å². The SMILES string of the molecule is COc1cc(COCC2CCCCC2)ccc1C(=N)N. The first-order valence-electron chi connectivity index (χ1n) is 7.29. The monoisotopic (exact) mass is 276 g/mol. The lowest BCUT2D eigenvalue weighted by Gasteiger charge is -2.21. The van der Waals surface area contributed by atoms with Crippen molar-refractivity contribution in [3.63, 3.8) is 0 Å². The Kier molecular flexibility index (Phi) is 5.41. The van der Waals surface area contributed by atoms with Gasteiger partial charge in [0.2, 0.25) is 0 Å². The van der Waals surface area contributed by atoms with Gasteiger partial charge in [0.1, 0.15) is 11.6 Å². The van der Waals surface area contributed by atoms with Gasteiger partial charge in [-0.15, -0.1) is 0 Å². The van der Waals surface area contributed by atoms with Gasteiger partial charge < -0.3 is 15.2 Å². The van der Waals surface area contributed by atoms with E-state index < -0.39 is 0 Å². The minimum Gasteiger partial charge on any atom is -0.496 e. The summed E-state index contributed by atoms with van der Waals surface area (Å²) in [7, 11) is 1.59. The molecule has 0 unspecified atom stereocenters. The maximum Gasteiger partial charge on any atom is 0.130 e. The van der Waals surface area contributed by atoms with Gasteiger partial charge in [0.25, 0.3) is 0 Å². The van der Waals surface area contributed by atoms with Gasteiger partial charge in [-0.25, -0.2) is 0 Å². The van der Waals surface area contributed by atoms with E-state index in [1.54, 1.807) is 7.11 Å². The molecule has 0 aromatic heterocycles. The van der Waals surface area contributed by atoms with Crippen LogP contribution >= 0.6 is 0 Å². The van der Waals surface area contributed by atoms with Gasteiger partial charge in [0, 0.05) is 6.61 Å². The van der Waals surface area contributed by atoms with Crippen molar-refractivity contribution < 1.29 is 9.47 Å². The molecule has 4 nitrogen and oxygen atoms in total. The van der Waals surface area contributed by atoms with E-state index in [1.165, 1.54) is 32.1 Å². The van der Waals surface area contributed by atoms with E-state index in [-0.39, 0.29) is 5.84 Å². The Labute approximate surface area is 120 Å². The van der Waals surface area contributed by atoms with Crippen molar-refractivity contribution in [1.29, 1.82) is 5.41 Å². The van der Waals surface area contributed by atoms with Crippen LogP contribution in [-0.2, 0) is 11.3 Å². The normalized spacial score (nSPS) is 16.1. The molecule has 1 aromatic rings. The van der Waals surface area contributed by atoms with Gasteiger partial charge in [0.05, 0.1) is 19.3 Å². The highest BCUT2D eigenvalue weighted by Crippen LogP contribution is 2.24. The number of nitrogens with one attached hydrogen (secondary N) is 1. The molecule has 1 aliphatic carbocycles. The fourth-order valence-corrected chi connectivity index (χ4v) is 2.75. The highest BCUT2D eigenvalue weighted by Gasteiger charge is 2.13. The van der Waals surface area contributed by atoms with Crippen LogP contribution in [0.15, 0.2) is 18.2 Å². The summed E-state index contributed by atoms with van der Waals surface area (Å²) in [5.74, 6) is 1.38. The summed E-state index contributed by atoms with van der Waals surface area (Å²) in [5, 5.41) is 7.49. The van der Waals surface area contributed by atoms with Crippen LogP contribution in [0, 0.1) is 11.3 Å². The maximum atomic E-state index is 7.49. The summed E-state index contributed by atoms with van der Waals surface area (Å²) in [5.41, 5.74) is 7.20. The minimum absolute atomic E-state index is 0.0246. The van der Waals surface area contributed by atoms with Crippen molar-refractivity contribution in [2.24, 2.45) is 11.7 Å². The molecule has 0 atom stereocenters. The van der Waals surface area contributed by atoms with Crippen LogP contribution in [0.5, 0.6) is 5.75 Å². The van der Waals surface area contributed by atoms with Crippen molar-refractivity contribution in [3.8, 4) is 5.75 Å². The van der Waals surface area contributed by atoms with Gasteiger partial charge in [-0.1, -0.05) is 25.3 Å². The van der Waals surface area contributed by atoms with Crippen LogP contribution in [0.3, 0.4) is 0 Å². The summed E-state index contributed by atoms with van der Waals surface area (Å²) < 4.78 is 11.1. The molecule has 0 bridgehead atoms. The lowest BCUT2D eigenvalue weighted by atomic mass is 9.90. The van der Waals surface area contributed by atoms with E-state index in [2.05, 4.69) is 0 Å². The summed E-state index contributed by atoms with van der Waals surface area (Å²) >= 11 is 0. The van der Waals surface area contributed by atoms with Gasteiger partial charge in [-0.05, 0) is 36.5 Å². The first-order valence-corrected chi connectivity index (χ1v) is 7.29. The molecule has 0 spiro atoms. The molecule has 20 heavy (non-hydrogen) atoms. The molecule has 1 aliphatic rings.